The van der Waals surface area contributed by atoms with Gasteiger partial charge in [0.25, 0.3) is 0 Å². The lowest BCUT2D eigenvalue weighted by Gasteiger charge is -2.12. The van der Waals surface area contributed by atoms with Crippen LogP contribution in [-0.2, 0) is 0 Å². The first-order valence-corrected chi connectivity index (χ1v) is 7.27. The highest BCUT2D eigenvalue weighted by Crippen LogP contribution is 2.54. The quantitative estimate of drug-likeness (QED) is 0.796. The first-order chi connectivity index (χ1) is 10.3. The minimum absolute atomic E-state index is 0.278. The number of hydrogen-bond donors (Lipinski definition) is 1. The molecule has 0 radical (unpaired) electrons. The molecule has 3 nitrogen and oxygen atoms in total. The van der Waals surface area contributed by atoms with Gasteiger partial charge < -0.3 is 5.11 Å². The summed E-state index contributed by atoms with van der Waals surface area (Å²) in [5.74, 6) is 0.730. The number of aliphatic hydroxyl groups excluding tert-OH is 1. The van der Waals surface area contributed by atoms with Gasteiger partial charge in [-0.2, -0.15) is 0 Å². The molecule has 0 aliphatic heterocycles. The molecular formula is C18H16N2O. The standard InChI is InChI=1S/C18H16N2O/c21-18(15-11-14(15)12-5-2-1-3-6-12)13-7-4-8-16-17(13)20-10-9-19-16/h1-10,14-15,18,21H,11H2. The van der Waals surface area contributed by atoms with Crippen molar-refractivity contribution in [3.8, 4) is 0 Å². The van der Waals surface area contributed by atoms with Gasteiger partial charge in [0, 0.05) is 18.0 Å². The van der Waals surface area contributed by atoms with Crippen LogP contribution in [0.1, 0.15) is 29.6 Å². The molecule has 3 aromatic rings. The maximum Gasteiger partial charge on any atom is 0.0944 e. The van der Waals surface area contributed by atoms with E-state index in [2.05, 4.69) is 34.2 Å². The zero-order chi connectivity index (χ0) is 14.2. The minimum atomic E-state index is -0.476. The topological polar surface area (TPSA) is 46.0 Å². The van der Waals surface area contributed by atoms with Crippen LogP contribution >= 0.6 is 0 Å². The van der Waals surface area contributed by atoms with E-state index < -0.39 is 6.10 Å². The van der Waals surface area contributed by atoms with Crippen LogP contribution in [0.5, 0.6) is 0 Å². The SMILES string of the molecule is OC(c1cccc2nccnc12)C1CC1c1ccccc1. The highest BCUT2D eigenvalue weighted by Gasteiger charge is 2.44. The predicted molar refractivity (Wildman–Crippen MR) is 81.8 cm³/mol. The Morgan fingerprint density at radius 3 is 2.62 bits per heavy atom. The molecule has 0 spiro atoms. The van der Waals surface area contributed by atoms with E-state index in [0.717, 1.165) is 23.0 Å². The average molecular weight is 276 g/mol. The van der Waals surface area contributed by atoms with Gasteiger partial charge >= 0.3 is 0 Å². The molecule has 4 rings (SSSR count). The summed E-state index contributed by atoms with van der Waals surface area (Å²) in [5.41, 5.74) is 3.86. The van der Waals surface area contributed by atoms with Crippen molar-refractivity contribution >= 4 is 11.0 Å². The van der Waals surface area contributed by atoms with Crippen LogP contribution in [0.2, 0.25) is 0 Å². The Morgan fingerprint density at radius 2 is 1.76 bits per heavy atom. The van der Waals surface area contributed by atoms with Crippen LogP contribution in [0.3, 0.4) is 0 Å². The lowest BCUT2D eigenvalue weighted by Crippen LogP contribution is -2.03. The summed E-state index contributed by atoms with van der Waals surface area (Å²) in [7, 11) is 0. The second-order valence-corrected chi connectivity index (χ2v) is 5.63. The van der Waals surface area contributed by atoms with Gasteiger partial charge in [-0.1, -0.05) is 42.5 Å². The monoisotopic (exact) mass is 276 g/mol. The summed E-state index contributed by atoms with van der Waals surface area (Å²) in [6.07, 6.45) is 3.92. The Bertz CT molecular complexity index is 767. The van der Waals surface area contributed by atoms with Gasteiger partial charge in [-0.15, -0.1) is 0 Å². The second-order valence-electron chi connectivity index (χ2n) is 5.63. The van der Waals surface area contributed by atoms with Crippen molar-refractivity contribution < 1.29 is 5.11 Å². The molecule has 2 aromatic carbocycles. The van der Waals surface area contributed by atoms with E-state index in [1.54, 1.807) is 12.4 Å². The number of hydrogen-bond acceptors (Lipinski definition) is 3. The van der Waals surface area contributed by atoms with Crippen molar-refractivity contribution in [3.63, 3.8) is 0 Å². The van der Waals surface area contributed by atoms with Crippen LogP contribution in [0.4, 0.5) is 0 Å². The summed E-state index contributed by atoms with van der Waals surface area (Å²) >= 11 is 0. The van der Waals surface area contributed by atoms with Gasteiger partial charge in [0.15, 0.2) is 0 Å². The van der Waals surface area contributed by atoms with E-state index >= 15 is 0 Å². The summed E-state index contributed by atoms with van der Waals surface area (Å²) in [6.45, 7) is 0. The third-order valence-electron chi connectivity index (χ3n) is 4.32. The number of benzene rings is 2. The van der Waals surface area contributed by atoms with Crippen LogP contribution < -0.4 is 0 Å². The Morgan fingerprint density at radius 1 is 0.952 bits per heavy atom. The molecule has 1 heterocycles. The fraction of sp³-hybridized carbons (Fsp3) is 0.222. The molecule has 1 fully saturated rings. The number of aliphatic hydroxyl groups is 1. The molecule has 1 aromatic heterocycles. The van der Waals surface area contributed by atoms with Crippen LogP contribution in [0.25, 0.3) is 11.0 Å². The molecule has 3 atom stereocenters. The molecule has 1 saturated carbocycles. The maximum atomic E-state index is 10.7. The molecule has 3 heteroatoms. The predicted octanol–water partition coefficient (Wildman–Crippen LogP) is 3.47. The zero-order valence-corrected chi connectivity index (χ0v) is 11.6. The first kappa shape index (κ1) is 12.5. The Hall–Kier alpha value is -2.26. The molecule has 21 heavy (non-hydrogen) atoms. The van der Waals surface area contributed by atoms with E-state index in [0.29, 0.717) is 5.92 Å². The summed E-state index contributed by atoms with van der Waals surface area (Å²) in [5, 5.41) is 10.7. The van der Waals surface area contributed by atoms with Crippen molar-refractivity contribution in [1.82, 2.24) is 9.97 Å². The van der Waals surface area contributed by atoms with Crippen molar-refractivity contribution in [1.29, 1.82) is 0 Å². The van der Waals surface area contributed by atoms with E-state index in [-0.39, 0.29) is 5.92 Å². The van der Waals surface area contributed by atoms with Crippen molar-refractivity contribution in [3.05, 3.63) is 72.1 Å². The highest BCUT2D eigenvalue weighted by molar-refractivity contribution is 5.78. The molecule has 0 saturated heterocycles. The van der Waals surface area contributed by atoms with E-state index in [9.17, 15) is 5.11 Å². The summed E-state index contributed by atoms with van der Waals surface area (Å²) < 4.78 is 0. The second kappa shape index (κ2) is 4.93. The molecule has 1 N–H and O–H groups in total. The Balaban J connectivity index is 1.65. The fourth-order valence-corrected chi connectivity index (χ4v) is 3.13. The zero-order valence-electron chi connectivity index (χ0n) is 11.6. The van der Waals surface area contributed by atoms with E-state index in [1.807, 2.05) is 24.3 Å². The molecule has 0 amide bonds. The molecular weight excluding hydrogens is 260 g/mol. The van der Waals surface area contributed by atoms with Gasteiger partial charge in [-0.25, -0.2) is 0 Å². The number of para-hydroxylation sites is 1. The number of fused-ring (bicyclic) bond motifs is 1. The van der Waals surface area contributed by atoms with Crippen LogP contribution in [0.15, 0.2) is 60.9 Å². The first-order valence-electron chi connectivity index (χ1n) is 7.27. The molecule has 0 bridgehead atoms. The highest BCUT2D eigenvalue weighted by atomic mass is 16.3. The third kappa shape index (κ3) is 2.20. The van der Waals surface area contributed by atoms with Gasteiger partial charge in [-0.3, -0.25) is 9.97 Å². The van der Waals surface area contributed by atoms with Crippen LogP contribution in [0, 0.1) is 5.92 Å². The molecule has 1 aliphatic rings. The lowest BCUT2D eigenvalue weighted by molar-refractivity contribution is 0.152. The normalized spacial score (nSPS) is 22.1. The van der Waals surface area contributed by atoms with Crippen molar-refractivity contribution in [2.75, 3.05) is 0 Å². The van der Waals surface area contributed by atoms with Crippen molar-refractivity contribution in [2.24, 2.45) is 5.92 Å². The maximum absolute atomic E-state index is 10.7. The fourth-order valence-electron chi connectivity index (χ4n) is 3.13. The Labute approximate surface area is 123 Å². The van der Waals surface area contributed by atoms with E-state index in [1.165, 1.54) is 5.56 Å². The number of rotatable bonds is 3. The number of nitrogens with zero attached hydrogens (tertiary/aromatic N) is 2. The van der Waals surface area contributed by atoms with Crippen LogP contribution in [-0.4, -0.2) is 15.1 Å². The summed E-state index contributed by atoms with van der Waals surface area (Å²) in [4.78, 5) is 8.70. The lowest BCUT2D eigenvalue weighted by atomic mass is 10.00. The largest absolute Gasteiger partial charge is 0.388 e. The third-order valence-corrected chi connectivity index (χ3v) is 4.32. The van der Waals surface area contributed by atoms with Gasteiger partial charge in [0.2, 0.25) is 0 Å². The molecule has 3 unspecified atom stereocenters. The van der Waals surface area contributed by atoms with E-state index in [4.69, 9.17) is 0 Å². The van der Waals surface area contributed by atoms with Gasteiger partial charge in [-0.05, 0) is 29.9 Å². The smallest absolute Gasteiger partial charge is 0.0944 e. The molecule has 104 valence electrons. The minimum Gasteiger partial charge on any atom is -0.388 e. The van der Waals surface area contributed by atoms with Gasteiger partial charge in [0.05, 0.1) is 17.1 Å². The average Bonchev–Trinajstić information content (AvgIpc) is 3.35. The Kier molecular flexibility index (Phi) is 2.93. The molecule has 1 aliphatic carbocycles. The van der Waals surface area contributed by atoms with Gasteiger partial charge in [0.1, 0.15) is 0 Å². The number of aromatic nitrogens is 2. The van der Waals surface area contributed by atoms with Crippen molar-refractivity contribution in [2.45, 2.75) is 18.4 Å². The summed E-state index contributed by atoms with van der Waals surface area (Å²) in [6, 6.07) is 16.2.